The number of halogens is 2. The highest BCUT2D eigenvalue weighted by atomic mass is 35.5. The standard InChI is InChI=1S/C24H21Cl2N3O4S/c1-2-29-10-9-18-11-16(3-8-23(18)29)15-27-33-21-6-4-17(5-7-21)24(30)28-34(31,32)22-13-19(25)12-20(26)14-22/h3-8,11-15H,2,9-10H2,1H3,(H,28,30)/b27-15+. The number of hydrogen-bond donors (Lipinski definition) is 1. The smallest absolute Gasteiger partial charge is 0.265 e. The van der Waals surface area contributed by atoms with E-state index in [-0.39, 0.29) is 20.5 Å². The van der Waals surface area contributed by atoms with E-state index < -0.39 is 15.9 Å². The number of carbonyl (C=O) groups is 1. The van der Waals surface area contributed by atoms with Crippen LogP contribution in [0.15, 0.2) is 70.7 Å². The lowest BCUT2D eigenvalue weighted by molar-refractivity contribution is 0.0981. The van der Waals surface area contributed by atoms with E-state index >= 15 is 0 Å². The Labute approximate surface area is 208 Å². The molecular weight excluding hydrogens is 497 g/mol. The molecule has 0 saturated carbocycles. The third-order valence-electron chi connectivity index (χ3n) is 5.33. The van der Waals surface area contributed by atoms with Crippen molar-refractivity contribution in [2.45, 2.75) is 18.2 Å². The predicted molar refractivity (Wildman–Crippen MR) is 134 cm³/mol. The molecule has 10 heteroatoms. The molecule has 1 aliphatic rings. The zero-order chi connectivity index (χ0) is 24.3. The zero-order valence-corrected chi connectivity index (χ0v) is 20.5. The molecule has 4 rings (SSSR count). The molecule has 0 aromatic heterocycles. The quantitative estimate of drug-likeness (QED) is 0.355. The van der Waals surface area contributed by atoms with Gasteiger partial charge in [-0.1, -0.05) is 34.4 Å². The minimum absolute atomic E-state index is 0.132. The fourth-order valence-corrected chi connectivity index (χ4v) is 5.34. The van der Waals surface area contributed by atoms with Crippen molar-refractivity contribution in [1.82, 2.24) is 4.72 Å². The molecule has 7 nitrogen and oxygen atoms in total. The number of anilines is 1. The van der Waals surface area contributed by atoms with Gasteiger partial charge in [-0.3, -0.25) is 4.79 Å². The van der Waals surface area contributed by atoms with Gasteiger partial charge in [-0.05, 0) is 79.1 Å². The van der Waals surface area contributed by atoms with Crippen LogP contribution in [-0.4, -0.2) is 33.6 Å². The lowest BCUT2D eigenvalue weighted by Gasteiger charge is -2.16. The number of oxime groups is 1. The van der Waals surface area contributed by atoms with Gasteiger partial charge >= 0.3 is 0 Å². The number of amides is 1. The number of benzene rings is 3. The van der Waals surface area contributed by atoms with Crippen LogP contribution in [0, 0.1) is 0 Å². The first-order valence-electron chi connectivity index (χ1n) is 10.5. The summed E-state index contributed by atoms with van der Waals surface area (Å²) in [6.07, 6.45) is 2.63. The normalized spacial score (nSPS) is 13.2. The number of likely N-dealkylation sites (N-methyl/N-ethyl adjacent to an activating group) is 1. The summed E-state index contributed by atoms with van der Waals surface area (Å²) in [5.74, 6) is -0.402. The molecule has 1 amide bonds. The average molecular weight is 518 g/mol. The zero-order valence-electron chi connectivity index (χ0n) is 18.2. The lowest BCUT2D eigenvalue weighted by Crippen LogP contribution is -2.30. The lowest BCUT2D eigenvalue weighted by atomic mass is 10.1. The molecule has 34 heavy (non-hydrogen) atoms. The van der Waals surface area contributed by atoms with Gasteiger partial charge in [0.25, 0.3) is 15.9 Å². The van der Waals surface area contributed by atoms with E-state index in [0.717, 1.165) is 25.1 Å². The Morgan fingerprint density at radius 3 is 2.47 bits per heavy atom. The molecule has 176 valence electrons. The second-order valence-corrected chi connectivity index (χ2v) is 10.2. The van der Waals surface area contributed by atoms with Gasteiger partial charge in [0.1, 0.15) is 0 Å². The highest BCUT2D eigenvalue weighted by Gasteiger charge is 2.20. The van der Waals surface area contributed by atoms with Crippen molar-refractivity contribution in [2.24, 2.45) is 5.16 Å². The number of hydrogen-bond acceptors (Lipinski definition) is 6. The van der Waals surface area contributed by atoms with Crippen LogP contribution >= 0.6 is 23.2 Å². The molecule has 1 aliphatic heterocycles. The van der Waals surface area contributed by atoms with Crippen molar-refractivity contribution in [1.29, 1.82) is 0 Å². The number of nitrogens with zero attached hydrogens (tertiary/aromatic N) is 2. The molecule has 0 saturated heterocycles. The van der Waals surface area contributed by atoms with Crippen LogP contribution in [-0.2, 0) is 16.4 Å². The second kappa shape index (κ2) is 10.0. The van der Waals surface area contributed by atoms with Crippen molar-refractivity contribution in [3.8, 4) is 5.75 Å². The Morgan fingerprint density at radius 1 is 1.09 bits per heavy atom. The van der Waals surface area contributed by atoms with Crippen LogP contribution < -0.4 is 14.5 Å². The van der Waals surface area contributed by atoms with Crippen LogP contribution in [0.25, 0.3) is 0 Å². The monoisotopic (exact) mass is 517 g/mol. The van der Waals surface area contributed by atoms with Gasteiger partial charge in [0.05, 0.1) is 11.1 Å². The van der Waals surface area contributed by atoms with Gasteiger partial charge in [0, 0.05) is 34.4 Å². The summed E-state index contributed by atoms with van der Waals surface area (Å²) in [7, 11) is -4.14. The Balaban J connectivity index is 1.38. The van der Waals surface area contributed by atoms with Gasteiger partial charge in [-0.2, -0.15) is 0 Å². The summed E-state index contributed by atoms with van der Waals surface area (Å²) in [6.45, 7) is 4.15. The Morgan fingerprint density at radius 2 is 1.79 bits per heavy atom. The van der Waals surface area contributed by atoms with Crippen LogP contribution in [0.2, 0.25) is 10.0 Å². The van der Waals surface area contributed by atoms with E-state index in [9.17, 15) is 13.2 Å². The fourth-order valence-electron chi connectivity index (χ4n) is 3.64. The van der Waals surface area contributed by atoms with E-state index in [1.54, 1.807) is 6.21 Å². The van der Waals surface area contributed by atoms with Crippen molar-refractivity contribution in [3.05, 3.63) is 87.4 Å². The first-order chi connectivity index (χ1) is 16.2. The van der Waals surface area contributed by atoms with Gasteiger partial charge in [0.15, 0.2) is 5.75 Å². The van der Waals surface area contributed by atoms with Crippen LogP contribution in [0.1, 0.15) is 28.4 Å². The highest BCUT2D eigenvalue weighted by molar-refractivity contribution is 7.90. The summed E-state index contributed by atoms with van der Waals surface area (Å²) in [5.41, 5.74) is 3.61. The summed E-state index contributed by atoms with van der Waals surface area (Å²) in [6, 6.07) is 15.9. The number of sulfonamides is 1. The molecule has 0 atom stereocenters. The minimum atomic E-state index is -4.14. The molecule has 0 spiro atoms. The molecule has 3 aromatic rings. The van der Waals surface area contributed by atoms with Crippen molar-refractivity contribution >= 4 is 51.0 Å². The van der Waals surface area contributed by atoms with E-state index in [1.165, 1.54) is 53.7 Å². The average Bonchev–Trinajstić information content (AvgIpc) is 3.21. The third kappa shape index (κ3) is 5.52. The molecule has 0 aliphatic carbocycles. The maximum Gasteiger partial charge on any atom is 0.265 e. The molecule has 1 heterocycles. The number of rotatable bonds is 7. The van der Waals surface area contributed by atoms with Gasteiger partial charge < -0.3 is 9.74 Å². The van der Waals surface area contributed by atoms with Gasteiger partial charge in [0.2, 0.25) is 0 Å². The molecule has 0 unspecified atom stereocenters. The minimum Gasteiger partial charge on any atom is -0.371 e. The number of fused-ring (bicyclic) bond motifs is 1. The summed E-state index contributed by atoms with van der Waals surface area (Å²) >= 11 is 11.7. The first-order valence-corrected chi connectivity index (χ1v) is 12.7. The summed E-state index contributed by atoms with van der Waals surface area (Å²) in [4.78, 5) is 19.9. The molecule has 0 fully saturated rings. The molecule has 1 N–H and O–H groups in total. The first kappa shape index (κ1) is 24.1. The molecular formula is C24H21Cl2N3O4S. The predicted octanol–water partition coefficient (Wildman–Crippen LogP) is 4.91. The maximum absolute atomic E-state index is 12.5. The van der Waals surface area contributed by atoms with Crippen LogP contribution in [0.4, 0.5) is 5.69 Å². The Bertz CT molecular complexity index is 1340. The van der Waals surface area contributed by atoms with Gasteiger partial charge in [-0.25, -0.2) is 13.1 Å². The SMILES string of the molecule is CCN1CCc2cc(/C=N/Oc3ccc(C(=O)NS(=O)(=O)c4cc(Cl)cc(Cl)c4)cc3)ccc21. The highest BCUT2D eigenvalue weighted by Crippen LogP contribution is 2.28. The van der Waals surface area contributed by atoms with Crippen molar-refractivity contribution in [2.75, 3.05) is 18.0 Å². The van der Waals surface area contributed by atoms with E-state index in [0.29, 0.717) is 5.75 Å². The second-order valence-electron chi connectivity index (χ2n) is 7.61. The largest absolute Gasteiger partial charge is 0.371 e. The molecule has 0 bridgehead atoms. The Kier molecular flexibility index (Phi) is 7.11. The molecule has 3 aromatic carbocycles. The van der Waals surface area contributed by atoms with Crippen LogP contribution in [0.3, 0.4) is 0 Å². The van der Waals surface area contributed by atoms with Crippen molar-refractivity contribution < 1.29 is 18.0 Å². The van der Waals surface area contributed by atoms with Crippen molar-refractivity contribution in [3.63, 3.8) is 0 Å². The van der Waals surface area contributed by atoms with E-state index in [1.807, 2.05) is 10.8 Å². The maximum atomic E-state index is 12.5. The fraction of sp³-hybridized carbons (Fsp3) is 0.167. The summed E-state index contributed by atoms with van der Waals surface area (Å²) in [5, 5.41) is 4.29. The van der Waals surface area contributed by atoms with E-state index in [2.05, 4.69) is 29.1 Å². The van der Waals surface area contributed by atoms with Gasteiger partial charge in [-0.15, -0.1) is 0 Å². The summed E-state index contributed by atoms with van der Waals surface area (Å²) < 4.78 is 26.9. The topological polar surface area (TPSA) is 88.1 Å². The van der Waals surface area contributed by atoms with Crippen LogP contribution in [0.5, 0.6) is 5.75 Å². The number of nitrogens with one attached hydrogen (secondary N) is 1. The molecule has 0 radical (unpaired) electrons. The number of carbonyl (C=O) groups excluding carboxylic acids is 1. The Hall–Kier alpha value is -3.07. The third-order valence-corrected chi connectivity index (χ3v) is 7.07. The van der Waals surface area contributed by atoms with E-state index in [4.69, 9.17) is 28.0 Å².